The van der Waals surface area contributed by atoms with E-state index in [1.165, 1.54) is 276 Å². The van der Waals surface area contributed by atoms with E-state index in [0.29, 0.717) is 12.8 Å². The number of carbonyl (C=O) groups is 1. The van der Waals surface area contributed by atoms with Gasteiger partial charge >= 0.3 is 0 Å². The van der Waals surface area contributed by atoms with Crippen LogP contribution in [0.5, 0.6) is 0 Å². The average Bonchev–Trinajstić information content (AvgIpc) is 3.28. The Morgan fingerprint density at radius 3 is 0.726 bits per heavy atom. The van der Waals surface area contributed by atoms with Crippen molar-refractivity contribution in [2.24, 2.45) is 0 Å². The predicted octanol–water partition coefficient (Wildman–Crippen LogP) is 17.7. The lowest BCUT2D eigenvalue weighted by Crippen LogP contribution is -2.49. The molecule has 3 unspecified atom stereocenters. The van der Waals surface area contributed by atoms with Gasteiger partial charge in [0.05, 0.1) is 18.8 Å². The molecule has 4 N–H and O–H groups in total. The average molecular weight is 879 g/mol. The van der Waals surface area contributed by atoms with E-state index < -0.39 is 24.2 Å². The molecule has 62 heavy (non-hydrogen) atoms. The molecular formula is C57H115NO4. The van der Waals surface area contributed by atoms with Crippen LogP contribution in [-0.2, 0) is 4.79 Å². The molecule has 0 aliphatic heterocycles. The van der Waals surface area contributed by atoms with Crippen molar-refractivity contribution >= 4 is 5.91 Å². The largest absolute Gasteiger partial charge is 0.394 e. The number of nitrogens with one attached hydrogen (secondary N) is 1. The standard InChI is InChI=1S/C57H115NO4/c1-3-5-7-9-11-13-15-17-19-21-23-25-27-29-31-33-35-37-39-41-43-45-47-49-51-55(60)54(53-59)58-57(62)56(61)52-50-48-46-44-42-40-38-36-34-32-30-28-26-24-22-20-18-16-14-12-10-8-6-4-2/h54-56,59-61H,3-53H2,1-2H3,(H,58,62). The molecule has 0 aliphatic rings. The molecule has 0 spiro atoms. The molecule has 5 heteroatoms. The highest BCUT2D eigenvalue weighted by Gasteiger charge is 2.23. The minimum Gasteiger partial charge on any atom is -0.394 e. The van der Waals surface area contributed by atoms with Crippen LogP contribution in [0.2, 0.25) is 0 Å². The third-order valence-electron chi connectivity index (χ3n) is 14.0. The van der Waals surface area contributed by atoms with Crippen molar-refractivity contribution in [1.29, 1.82) is 0 Å². The molecule has 0 heterocycles. The third kappa shape index (κ3) is 47.3. The van der Waals surface area contributed by atoms with Gasteiger partial charge in [0.2, 0.25) is 5.91 Å². The van der Waals surface area contributed by atoms with Crippen LogP contribution in [-0.4, -0.2) is 46.1 Å². The fourth-order valence-electron chi connectivity index (χ4n) is 9.49. The number of hydrogen-bond acceptors (Lipinski definition) is 4. The van der Waals surface area contributed by atoms with Gasteiger partial charge < -0.3 is 20.6 Å². The summed E-state index contributed by atoms with van der Waals surface area (Å²) in [5.41, 5.74) is 0. The van der Waals surface area contributed by atoms with Gasteiger partial charge in [-0.2, -0.15) is 0 Å². The lowest BCUT2D eigenvalue weighted by Gasteiger charge is -2.23. The quantitative estimate of drug-likeness (QED) is 0.0458. The molecule has 372 valence electrons. The zero-order valence-corrected chi connectivity index (χ0v) is 42.5. The molecule has 0 fully saturated rings. The van der Waals surface area contributed by atoms with Gasteiger partial charge in [-0.05, 0) is 12.8 Å². The second-order valence-electron chi connectivity index (χ2n) is 20.2. The molecule has 0 radical (unpaired) electrons. The number of amides is 1. The van der Waals surface area contributed by atoms with Crippen LogP contribution in [0.1, 0.15) is 335 Å². The first kappa shape index (κ1) is 61.4. The van der Waals surface area contributed by atoms with Gasteiger partial charge in [-0.1, -0.05) is 322 Å². The Balaban J connectivity index is 3.49. The fourth-order valence-corrected chi connectivity index (χ4v) is 9.49. The summed E-state index contributed by atoms with van der Waals surface area (Å²) in [5, 5.41) is 33.6. The first-order chi connectivity index (χ1) is 30.6. The van der Waals surface area contributed by atoms with Crippen LogP contribution in [0.15, 0.2) is 0 Å². The van der Waals surface area contributed by atoms with E-state index in [2.05, 4.69) is 19.2 Å². The highest BCUT2D eigenvalue weighted by atomic mass is 16.3. The van der Waals surface area contributed by atoms with Crippen molar-refractivity contribution in [2.45, 2.75) is 353 Å². The summed E-state index contributed by atoms with van der Waals surface area (Å²) in [6, 6.07) is -0.707. The molecule has 0 aliphatic carbocycles. The van der Waals surface area contributed by atoms with Crippen LogP contribution in [0.25, 0.3) is 0 Å². The molecule has 1 amide bonds. The number of aliphatic hydroxyl groups is 3. The summed E-state index contributed by atoms with van der Waals surface area (Å²) in [7, 11) is 0. The topological polar surface area (TPSA) is 89.8 Å². The second kappa shape index (κ2) is 53.0. The molecule has 0 aromatic carbocycles. The minimum atomic E-state index is -1.07. The lowest BCUT2D eigenvalue weighted by atomic mass is 10.0. The van der Waals surface area contributed by atoms with Crippen molar-refractivity contribution in [2.75, 3.05) is 6.61 Å². The molecule has 0 saturated carbocycles. The predicted molar refractivity (Wildman–Crippen MR) is 273 cm³/mol. The van der Waals surface area contributed by atoms with Gasteiger partial charge in [-0.15, -0.1) is 0 Å². The SMILES string of the molecule is CCCCCCCCCCCCCCCCCCCCCCCCCCC(O)C(=O)NC(CO)C(O)CCCCCCCCCCCCCCCCCCCCCCCCCC. The van der Waals surface area contributed by atoms with Gasteiger partial charge in [0.1, 0.15) is 6.10 Å². The molecule has 0 bridgehead atoms. The van der Waals surface area contributed by atoms with E-state index in [0.717, 1.165) is 32.1 Å². The van der Waals surface area contributed by atoms with Gasteiger partial charge in [0.15, 0.2) is 0 Å². The van der Waals surface area contributed by atoms with Gasteiger partial charge in [0, 0.05) is 0 Å². The molecule has 3 atom stereocenters. The summed E-state index contributed by atoms with van der Waals surface area (Å²) < 4.78 is 0. The maximum atomic E-state index is 12.6. The Bertz CT molecular complexity index is 838. The smallest absolute Gasteiger partial charge is 0.249 e. The third-order valence-corrected chi connectivity index (χ3v) is 14.0. The molecule has 0 rings (SSSR count). The van der Waals surface area contributed by atoms with Crippen molar-refractivity contribution < 1.29 is 20.1 Å². The monoisotopic (exact) mass is 878 g/mol. The van der Waals surface area contributed by atoms with E-state index in [-0.39, 0.29) is 6.61 Å². The Morgan fingerprint density at radius 2 is 0.516 bits per heavy atom. The van der Waals surface area contributed by atoms with Crippen molar-refractivity contribution in [3.8, 4) is 0 Å². The lowest BCUT2D eigenvalue weighted by molar-refractivity contribution is -0.131. The fraction of sp³-hybridized carbons (Fsp3) is 0.982. The number of aliphatic hydroxyl groups excluding tert-OH is 3. The Morgan fingerprint density at radius 1 is 0.323 bits per heavy atom. The first-order valence-corrected chi connectivity index (χ1v) is 28.8. The van der Waals surface area contributed by atoms with E-state index in [1.54, 1.807) is 0 Å². The van der Waals surface area contributed by atoms with Crippen LogP contribution in [0.4, 0.5) is 0 Å². The number of rotatable bonds is 54. The van der Waals surface area contributed by atoms with Gasteiger partial charge in [0.25, 0.3) is 0 Å². The number of hydrogen-bond donors (Lipinski definition) is 4. The van der Waals surface area contributed by atoms with Crippen molar-refractivity contribution in [3.05, 3.63) is 0 Å². The number of unbranched alkanes of at least 4 members (excludes halogenated alkanes) is 46. The summed E-state index contributed by atoms with van der Waals surface area (Å²) in [6.07, 6.45) is 64.4. The Kier molecular flexibility index (Phi) is 52.4. The van der Waals surface area contributed by atoms with Crippen LogP contribution in [0.3, 0.4) is 0 Å². The second-order valence-corrected chi connectivity index (χ2v) is 20.2. The van der Waals surface area contributed by atoms with Crippen molar-refractivity contribution in [3.63, 3.8) is 0 Å². The first-order valence-electron chi connectivity index (χ1n) is 28.8. The van der Waals surface area contributed by atoms with E-state index in [1.807, 2.05) is 0 Å². The van der Waals surface area contributed by atoms with Gasteiger partial charge in [-0.25, -0.2) is 0 Å². The van der Waals surface area contributed by atoms with E-state index >= 15 is 0 Å². The normalized spacial score (nSPS) is 13.2. The zero-order valence-electron chi connectivity index (χ0n) is 42.5. The summed E-state index contributed by atoms with van der Waals surface area (Å²) >= 11 is 0. The highest BCUT2D eigenvalue weighted by Crippen LogP contribution is 2.19. The summed E-state index contributed by atoms with van der Waals surface area (Å²) in [4.78, 5) is 12.6. The molecule has 0 aromatic rings. The maximum Gasteiger partial charge on any atom is 0.249 e. The number of carbonyl (C=O) groups excluding carboxylic acids is 1. The Hall–Kier alpha value is -0.650. The summed E-state index contributed by atoms with van der Waals surface area (Å²) in [6.45, 7) is 4.28. The van der Waals surface area contributed by atoms with Crippen LogP contribution in [0, 0.1) is 0 Å². The minimum absolute atomic E-state index is 0.307. The van der Waals surface area contributed by atoms with Gasteiger partial charge in [-0.3, -0.25) is 4.79 Å². The van der Waals surface area contributed by atoms with Crippen molar-refractivity contribution in [1.82, 2.24) is 5.32 Å². The Labute approximate surface area is 389 Å². The molecule has 0 saturated heterocycles. The van der Waals surface area contributed by atoms with E-state index in [4.69, 9.17) is 0 Å². The molecule has 0 aromatic heterocycles. The zero-order chi connectivity index (χ0) is 45.1. The molecular weight excluding hydrogens is 763 g/mol. The van der Waals surface area contributed by atoms with Crippen LogP contribution < -0.4 is 5.32 Å². The molecule has 5 nitrogen and oxygen atoms in total. The van der Waals surface area contributed by atoms with E-state index in [9.17, 15) is 20.1 Å². The van der Waals surface area contributed by atoms with Crippen LogP contribution >= 0.6 is 0 Å². The highest BCUT2D eigenvalue weighted by molar-refractivity contribution is 5.80. The summed E-state index contributed by atoms with van der Waals surface area (Å²) in [5.74, 6) is -0.461. The maximum absolute atomic E-state index is 12.6.